The number of nitrogens with zero attached hydrogens (tertiary/aromatic N) is 3. The van der Waals surface area contributed by atoms with Gasteiger partial charge in [0.2, 0.25) is 0 Å². The lowest BCUT2D eigenvalue weighted by Gasteiger charge is -2.45. The number of furan rings is 1. The maximum absolute atomic E-state index is 7.50. The molecule has 2 aliphatic carbocycles. The Morgan fingerprint density at radius 3 is 1.48 bits per heavy atom. The maximum Gasteiger partial charge on any atom is 0.145 e. The number of allylic oxidation sites excluding steroid dienone is 3. The first-order chi connectivity index (χ1) is 38.7. The largest absolute Gasteiger partial charge is 0.455 e. The molecule has 404 valence electrons. The van der Waals surface area contributed by atoms with Crippen molar-refractivity contribution in [2.24, 2.45) is 11.3 Å². The van der Waals surface area contributed by atoms with E-state index in [1.54, 1.807) is 0 Å². The Morgan fingerprint density at radius 2 is 0.963 bits per heavy atom. The molecule has 0 saturated carbocycles. The number of para-hydroxylation sites is 4. The summed E-state index contributed by atoms with van der Waals surface area (Å²) in [6, 6.07) is 75.6. The van der Waals surface area contributed by atoms with Gasteiger partial charge in [-0.1, -0.05) is 210 Å². The zero-order valence-electron chi connectivity index (χ0n) is 49.3. The second kappa shape index (κ2) is 18.9. The fourth-order valence-electron chi connectivity index (χ4n) is 13.3. The van der Waals surface area contributed by atoms with Crippen LogP contribution in [0, 0.1) is 11.3 Å². The van der Waals surface area contributed by atoms with Crippen LogP contribution in [0.25, 0.3) is 33.1 Å². The molecule has 0 bridgehead atoms. The summed E-state index contributed by atoms with van der Waals surface area (Å²) in [6.07, 6.45) is 8.25. The smallest absolute Gasteiger partial charge is 0.145 e. The Balaban J connectivity index is 1.15. The molecular weight excluding hydrogens is 983 g/mol. The molecular formula is C77H75N3O. The van der Waals surface area contributed by atoms with Gasteiger partial charge >= 0.3 is 0 Å². The summed E-state index contributed by atoms with van der Waals surface area (Å²) in [7, 11) is 0. The molecule has 9 aromatic carbocycles. The van der Waals surface area contributed by atoms with Crippen LogP contribution >= 0.6 is 0 Å². The highest BCUT2D eigenvalue weighted by atomic mass is 16.3. The molecule has 1 spiro atoms. The van der Waals surface area contributed by atoms with Crippen molar-refractivity contribution in [3.05, 3.63) is 263 Å². The van der Waals surface area contributed by atoms with Crippen LogP contribution in [0.4, 0.5) is 45.5 Å². The van der Waals surface area contributed by atoms with Crippen molar-refractivity contribution in [2.75, 3.05) is 14.7 Å². The third-order valence-corrected chi connectivity index (χ3v) is 17.7. The van der Waals surface area contributed by atoms with Crippen LogP contribution in [0.3, 0.4) is 0 Å². The van der Waals surface area contributed by atoms with E-state index in [9.17, 15) is 0 Å². The van der Waals surface area contributed by atoms with Gasteiger partial charge in [0.1, 0.15) is 11.2 Å². The molecule has 0 fully saturated rings. The van der Waals surface area contributed by atoms with Gasteiger partial charge in [-0.15, -0.1) is 0 Å². The van der Waals surface area contributed by atoms with Crippen molar-refractivity contribution in [2.45, 2.75) is 111 Å². The zero-order valence-corrected chi connectivity index (χ0v) is 49.3. The second-order valence-corrected chi connectivity index (χ2v) is 27.1. The van der Waals surface area contributed by atoms with Crippen LogP contribution < -0.4 is 14.7 Å². The predicted molar refractivity (Wildman–Crippen MR) is 343 cm³/mol. The average molecular weight is 1060 g/mol. The minimum atomic E-state index is -0.825. The minimum Gasteiger partial charge on any atom is -0.455 e. The van der Waals surface area contributed by atoms with Gasteiger partial charge in [-0.2, -0.15) is 0 Å². The van der Waals surface area contributed by atoms with Crippen LogP contribution in [0.5, 0.6) is 0 Å². The Bertz CT molecular complexity index is 4000. The number of hydrogen-bond acceptors (Lipinski definition) is 4. The van der Waals surface area contributed by atoms with Crippen LogP contribution in [0.2, 0.25) is 0 Å². The minimum absolute atomic E-state index is 0.0105. The molecule has 1 unspecified atom stereocenters. The number of anilines is 8. The quantitative estimate of drug-likeness (QED) is 0.159. The van der Waals surface area contributed by atoms with E-state index in [2.05, 4.69) is 316 Å². The fourth-order valence-corrected chi connectivity index (χ4v) is 13.3. The van der Waals surface area contributed by atoms with E-state index in [1.165, 1.54) is 50.2 Å². The van der Waals surface area contributed by atoms with E-state index in [4.69, 9.17) is 4.42 Å². The number of rotatable bonds is 7. The van der Waals surface area contributed by atoms with Crippen molar-refractivity contribution in [1.29, 1.82) is 0 Å². The standard InChI is InChI=1S/C77H75N3O/c1-73(2,3)50-30-38-55(39-31-50)78(56-40-32-51(33-41-56)74(4,5)6)59-46-47-60-64(48-59)77(62-25-17-19-27-66(62)80(54-22-14-13-15-23-54)67-28-20-18-26-63(67)77)65-49-68(71-61-24-16-21-29-69(61)81-72(71)70(60)65)79(57-42-34-52(35-43-57)75(7,8)9)58-44-36-53(37-45-58)76(10,11)12/h13-32,34-49,51H,33H2,1-12H3. The van der Waals surface area contributed by atoms with Crippen LogP contribution in [0.15, 0.2) is 229 Å². The molecule has 1 aliphatic heterocycles. The summed E-state index contributed by atoms with van der Waals surface area (Å²) in [5, 5.41) is 2.17. The number of hydrogen-bond donors (Lipinski definition) is 0. The number of benzene rings is 9. The van der Waals surface area contributed by atoms with Crippen molar-refractivity contribution in [3.8, 4) is 11.1 Å². The van der Waals surface area contributed by atoms with Gasteiger partial charge < -0.3 is 19.1 Å². The summed E-state index contributed by atoms with van der Waals surface area (Å²) in [5.41, 5.74) is 22.1. The Morgan fingerprint density at radius 1 is 0.469 bits per heavy atom. The normalized spacial score (nSPS) is 15.6. The SMILES string of the molecule is CC(C)(C)c1ccc(N(C2=CCC(C(C)(C)C)C=C2)c2ccc3c(c2)C2(c4ccccc4N(c4ccccc4)c4ccccc42)c2cc(N(c4ccc(C(C)(C)C)cc4)c4ccc(C(C)(C)C)cc4)c4c(oc5ccccc54)c2-3)cc1. The molecule has 10 aromatic rings. The van der Waals surface area contributed by atoms with E-state index < -0.39 is 5.41 Å². The second-order valence-electron chi connectivity index (χ2n) is 27.1. The first-order valence-corrected chi connectivity index (χ1v) is 29.2. The van der Waals surface area contributed by atoms with Gasteiger partial charge in [0.25, 0.3) is 0 Å². The molecule has 81 heavy (non-hydrogen) atoms. The lowest BCUT2D eigenvalue weighted by molar-refractivity contribution is 0.293. The molecule has 2 heterocycles. The Hall–Kier alpha value is -8.34. The summed E-state index contributed by atoms with van der Waals surface area (Å²) in [5.74, 6) is 0.430. The fraction of sp³-hybridized carbons (Fsp3) is 0.247. The first kappa shape index (κ1) is 52.1. The Labute approximate surface area is 480 Å². The molecule has 0 radical (unpaired) electrons. The average Bonchev–Trinajstić information content (AvgIpc) is 3.80. The summed E-state index contributed by atoms with van der Waals surface area (Å²) in [6.45, 7) is 27.7. The molecule has 0 saturated heterocycles. The lowest BCUT2D eigenvalue weighted by Crippen LogP contribution is -2.36. The molecule has 4 heteroatoms. The van der Waals surface area contributed by atoms with Crippen LogP contribution in [-0.4, -0.2) is 0 Å². The van der Waals surface area contributed by atoms with Crippen molar-refractivity contribution in [3.63, 3.8) is 0 Å². The molecule has 4 nitrogen and oxygen atoms in total. The van der Waals surface area contributed by atoms with Crippen LogP contribution in [0.1, 0.15) is 128 Å². The van der Waals surface area contributed by atoms with Gasteiger partial charge in [0, 0.05) is 45.1 Å². The van der Waals surface area contributed by atoms with Gasteiger partial charge in [0.15, 0.2) is 0 Å². The zero-order chi connectivity index (χ0) is 56.4. The monoisotopic (exact) mass is 1060 g/mol. The van der Waals surface area contributed by atoms with Gasteiger partial charge in [-0.25, -0.2) is 0 Å². The molecule has 1 atom stereocenters. The first-order valence-electron chi connectivity index (χ1n) is 29.2. The molecule has 0 N–H and O–H groups in total. The summed E-state index contributed by atoms with van der Waals surface area (Å²) in [4.78, 5) is 7.48. The van der Waals surface area contributed by atoms with Crippen molar-refractivity contribution in [1.82, 2.24) is 0 Å². The highest BCUT2D eigenvalue weighted by Gasteiger charge is 2.53. The molecule has 3 aliphatic rings. The van der Waals surface area contributed by atoms with Gasteiger partial charge in [-0.3, -0.25) is 0 Å². The molecule has 1 aromatic heterocycles. The predicted octanol–water partition coefficient (Wildman–Crippen LogP) is 21.7. The lowest BCUT2D eigenvalue weighted by atomic mass is 9.64. The van der Waals surface area contributed by atoms with E-state index in [-0.39, 0.29) is 21.7 Å². The number of fused-ring (bicyclic) bond motifs is 13. The van der Waals surface area contributed by atoms with Crippen molar-refractivity contribution >= 4 is 67.4 Å². The maximum atomic E-state index is 7.50. The van der Waals surface area contributed by atoms with E-state index in [1.807, 2.05) is 0 Å². The van der Waals surface area contributed by atoms with Gasteiger partial charge in [0.05, 0.1) is 27.9 Å². The van der Waals surface area contributed by atoms with Crippen LogP contribution in [-0.2, 0) is 21.7 Å². The summed E-state index contributed by atoms with van der Waals surface area (Å²) >= 11 is 0. The highest BCUT2D eigenvalue weighted by molar-refractivity contribution is 6.20. The molecule has 13 rings (SSSR count). The third kappa shape index (κ3) is 8.55. The van der Waals surface area contributed by atoms with Crippen molar-refractivity contribution < 1.29 is 4.42 Å². The third-order valence-electron chi connectivity index (χ3n) is 17.7. The van der Waals surface area contributed by atoms with E-state index in [0.29, 0.717) is 5.92 Å². The van der Waals surface area contributed by atoms with E-state index >= 15 is 0 Å². The molecule has 0 amide bonds. The highest BCUT2D eigenvalue weighted by Crippen LogP contribution is 2.66. The Kier molecular flexibility index (Phi) is 12.1. The van der Waals surface area contributed by atoms with Gasteiger partial charge in [-0.05, 0) is 170 Å². The summed E-state index contributed by atoms with van der Waals surface area (Å²) < 4.78 is 7.50. The van der Waals surface area contributed by atoms with E-state index in [0.717, 1.165) is 79.4 Å². The topological polar surface area (TPSA) is 22.9 Å².